The number of carbonyl (C=O) groups is 2. The Balaban J connectivity index is 1.88. The molecule has 1 aromatic carbocycles. The first-order valence-corrected chi connectivity index (χ1v) is 7.32. The number of rotatable bonds is 3. The molecule has 0 aromatic heterocycles. The molecule has 0 spiro atoms. The molecule has 2 fully saturated rings. The summed E-state index contributed by atoms with van der Waals surface area (Å²) < 4.78 is 0. The predicted octanol–water partition coefficient (Wildman–Crippen LogP) is 1.37. The van der Waals surface area contributed by atoms with Crippen molar-refractivity contribution in [3.63, 3.8) is 0 Å². The molecule has 1 saturated heterocycles. The van der Waals surface area contributed by atoms with Crippen LogP contribution in [0.2, 0.25) is 0 Å². The van der Waals surface area contributed by atoms with E-state index in [0.29, 0.717) is 19.4 Å². The first kappa shape index (κ1) is 14.1. The lowest BCUT2D eigenvalue weighted by atomic mass is 9.98. The maximum atomic E-state index is 12.7. The molecule has 1 amide bonds. The fraction of sp³-hybridized carbons (Fsp3) is 0.500. The van der Waals surface area contributed by atoms with E-state index in [9.17, 15) is 14.7 Å². The summed E-state index contributed by atoms with van der Waals surface area (Å²) in [6.45, 7) is 2.11. The standard InChI is InChI=1S/C16H20N2O3/c1-17-9-10-18(14(19)16(7-8-16)15(20)21)13(11-17)12-5-3-2-4-6-12/h2-6,13H,7-11H2,1H3,(H,20,21). The van der Waals surface area contributed by atoms with Crippen LogP contribution in [0.3, 0.4) is 0 Å². The number of carboxylic acids is 1. The summed E-state index contributed by atoms with van der Waals surface area (Å²) in [5, 5.41) is 9.36. The van der Waals surface area contributed by atoms with E-state index in [0.717, 1.165) is 18.7 Å². The Kier molecular flexibility index (Phi) is 3.45. The molecule has 1 N–H and O–H groups in total. The smallest absolute Gasteiger partial charge is 0.319 e. The van der Waals surface area contributed by atoms with Crippen LogP contribution in [0.25, 0.3) is 0 Å². The van der Waals surface area contributed by atoms with Gasteiger partial charge in [0, 0.05) is 19.6 Å². The molecule has 1 unspecified atom stereocenters. The zero-order chi connectivity index (χ0) is 15.0. The van der Waals surface area contributed by atoms with Crippen molar-refractivity contribution in [1.82, 2.24) is 9.80 Å². The second-order valence-electron chi connectivity index (χ2n) is 6.07. The Labute approximate surface area is 124 Å². The van der Waals surface area contributed by atoms with Gasteiger partial charge in [0.15, 0.2) is 0 Å². The highest BCUT2D eigenvalue weighted by molar-refractivity contribution is 6.05. The van der Waals surface area contributed by atoms with Crippen LogP contribution in [-0.4, -0.2) is 53.5 Å². The van der Waals surface area contributed by atoms with Crippen LogP contribution in [0.4, 0.5) is 0 Å². The lowest BCUT2D eigenvalue weighted by molar-refractivity contribution is -0.156. The van der Waals surface area contributed by atoms with Gasteiger partial charge in [-0.05, 0) is 25.5 Å². The third-order valence-corrected chi connectivity index (χ3v) is 4.60. The minimum absolute atomic E-state index is 0.0609. The fourth-order valence-corrected chi connectivity index (χ4v) is 3.04. The maximum absolute atomic E-state index is 12.7. The number of hydrogen-bond acceptors (Lipinski definition) is 3. The Morgan fingerprint density at radius 2 is 1.86 bits per heavy atom. The van der Waals surface area contributed by atoms with Crippen molar-refractivity contribution in [1.29, 1.82) is 0 Å². The van der Waals surface area contributed by atoms with Gasteiger partial charge in [-0.2, -0.15) is 0 Å². The average molecular weight is 288 g/mol. The number of carboxylic acid groups (broad SMARTS) is 1. The van der Waals surface area contributed by atoms with E-state index in [-0.39, 0.29) is 11.9 Å². The van der Waals surface area contributed by atoms with E-state index in [1.807, 2.05) is 37.4 Å². The van der Waals surface area contributed by atoms with Gasteiger partial charge in [-0.15, -0.1) is 0 Å². The van der Waals surface area contributed by atoms with Crippen LogP contribution < -0.4 is 0 Å². The van der Waals surface area contributed by atoms with Gasteiger partial charge in [0.25, 0.3) is 0 Å². The monoisotopic (exact) mass is 288 g/mol. The van der Waals surface area contributed by atoms with E-state index >= 15 is 0 Å². The molecular formula is C16H20N2O3. The second-order valence-corrected chi connectivity index (χ2v) is 6.07. The van der Waals surface area contributed by atoms with Crippen LogP contribution in [0.5, 0.6) is 0 Å². The van der Waals surface area contributed by atoms with Gasteiger partial charge < -0.3 is 14.9 Å². The molecule has 3 rings (SSSR count). The van der Waals surface area contributed by atoms with Gasteiger partial charge in [-0.3, -0.25) is 9.59 Å². The van der Waals surface area contributed by atoms with Gasteiger partial charge >= 0.3 is 5.97 Å². The van der Waals surface area contributed by atoms with Crippen molar-refractivity contribution >= 4 is 11.9 Å². The highest BCUT2D eigenvalue weighted by Crippen LogP contribution is 2.48. The Morgan fingerprint density at radius 3 is 2.43 bits per heavy atom. The minimum Gasteiger partial charge on any atom is -0.480 e. The molecule has 0 radical (unpaired) electrons. The Hall–Kier alpha value is -1.88. The maximum Gasteiger partial charge on any atom is 0.319 e. The summed E-state index contributed by atoms with van der Waals surface area (Å²) in [4.78, 5) is 28.1. The highest BCUT2D eigenvalue weighted by atomic mass is 16.4. The normalized spacial score (nSPS) is 24.6. The summed E-state index contributed by atoms with van der Waals surface area (Å²) >= 11 is 0. The summed E-state index contributed by atoms with van der Waals surface area (Å²) in [5.74, 6) is -1.19. The Morgan fingerprint density at radius 1 is 1.19 bits per heavy atom. The van der Waals surface area contributed by atoms with Crippen LogP contribution in [0, 0.1) is 5.41 Å². The van der Waals surface area contributed by atoms with Crippen LogP contribution in [0.15, 0.2) is 30.3 Å². The molecule has 2 aliphatic rings. The van der Waals surface area contributed by atoms with Crippen LogP contribution >= 0.6 is 0 Å². The summed E-state index contributed by atoms with van der Waals surface area (Å²) in [7, 11) is 2.03. The SMILES string of the molecule is CN1CCN(C(=O)C2(C(=O)O)CC2)C(c2ccccc2)C1. The van der Waals surface area contributed by atoms with Gasteiger partial charge in [0.05, 0.1) is 6.04 Å². The molecule has 5 heteroatoms. The largest absolute Gasteiger partial charge is 0.480 e. The predicted molar refractivity (Wildman–Crippen MR) is 77.7 cm³/mol. The topological polar surface area (TPSA) is 60.9 Å². The average Bonchev–Trinajstić information content (AvgIpc) is 3.29. The molecule has 0 bridgehead atoms. The molecule has 1 aliphatic heterocycles. The number of piperazine rings is 1. The first-order valence-electron chi connectivity index (χ1n) is 7.32. The van der Waals surface area contributed by atoms with Gasteiger partial charge in [0.1, 0.15) is 5.41 Å². The summed E-state index contributed by atoms with van der Waals surface area (Å²) in [6.07, 6.45) is 0.935. The molecule has 5 nitrogen and oxygen atoms in total. The molecule has 1 saturated carbocycles. The van der Waals surface area contributed by atoms with Crippen molar-refractivity contribution in [2.24, 2.45) is 5.41 Å². The van der Waals surface area contributed by atoms with E-state index in [2.05, 4.69) is 4.90 Å². The van der Waals surface area contributed by atoms with E-state index in [1.54, 1.807) is 4.90 Å². The minimum atomic E-state index is -1.15. The Bertz CT molecular complexity index is 554. The fourth-order valence-electron chi connectivity index (χ4n) is 3.04. The highest BCUT2D eigenvalue weighted by Gasteiger charge is 2.59. The lowest BCUT2D eigenvalue weighted by Gasteiger charge is -2.41. The van der Waals surface area contributed by atoms with Crippen molar-refractivity contribution in [3.05, 3.63) is 35.9 Å². The second kappa shape index (κ2) is 5.15. The summed E-state index contributed by atoms with van der Waals surface area (Å²) in [6, 6.07) is 9.80. The zero-order valence-electron chi connectivity index (χ0n) is 12.2. The van der Waals surface area contributed by atoms with E-state index in [4.69, 9.17) is 0 Å². The quantitative estimate of drug-likeness (QED) is 0.853. The third kappa shape index (κ3) is 2.42. The third-order valence-electron chi connectivity index (χ3n) is 4.60. The number of hydrogen-bond donors (Lipinski definition) is 1. The molecule has 21 heavy (non-hydrogen) atoms. The number of amides is 1. The molecule has 1 aliphatic carbocycles. The van der Waals surface area contributed by atoms with E-state index < -0.39 is 11.4 Å². The van der Waals surface area contributed by atoms with Gasteiger partial charge in [-0.1, -0.05) is 30.3 Å². The molecule has 1 atom stereocenters. The van der Waals surface area contributed by atoms with E-state index in [1.165, 1.54) is 0 Å². The first-order chi connectivity index (χ1) is 10.0. The number of carbonyl (C=O) groups excluding carboxylic acids is 1. The number of nitrogens with zero attached hydrogens (tertiary/aromatic N) is 2. The van der Waals surface area contributed by atoms with Crippen molar-refractivity contribution < 1.29 is 14.7 Å². The molecular weight excluding hydrogens is 268 g/mol. The van der Waals surface area contributed by atoms with Gasteiger partial charge in [-0.25, -0.2) is 0 Å². The van der Waals surface area contributed by atoms with Crippen molar-refractivity contribution in [3.8, 4) is 0 Å². The van der Waals surface area contributed by atoms with Gasteiger partial charge in [0.2, 0.25) is 5.91 Å². The summed E-state index contributed by atoms with van der Waals surface area (Å²) in [5.41, 5.74) is -0.0817. The van der Waals surface area contributed by atoms with Crippen molar-refractivity contribution in [2.75, 3.05) is 26.7 Å². The molecule has 1 aromatic rings. The molecule has 1 heterocycles. The number of likely N-dealkylation sites (N-methyl/N-ethyl adjacent to an activating group) is 1. The van der Waals surface area contributed by atoms with Crippen LogP contribution in [0.1, 0.15) is 24.4 Å². The van der Waals surface area contributed by atoms with Crippen molar-refractivity contribution in [2.45, 2.75) is 18.9 Å². The number of aliphatic carboxylic acids is 1. The molecule has 112 valence electrons. The number of benzene rings is 1. The lowest BCUT2D eigenvalue weighted by Crippen LogP contribution is -2.52. The van der Waals surface area contributed by atoms with Crippen LogP contribution in [-0.2, 0) is 9.59 Å². The zero-order valence-corrected chi connectivity index (χ0v) is 12.2.